The van der Waals surface area contributed by atoms with Crippen molar-refractivity contribution in [3.63, 3.8) is 0 Å². The Labute approximate surface area is 209 Å². The van der Waals surface area contributed by atoms with Crippen LogP contribution in [0.5, 0.6) is 0 Å². The van der Waals surface area contributed by atoms with Gasteiger partial charge in [0.05, 0.1) is 29.1 Å². The number of nitrogens with zero attached hydrogens (tertiary/aromatic N) is 5. The van der Waals surface area contributed by atoms with Gasteiger partial charge in [0.15, 0.2) is 11.5 Å². The number of anilines is 1. The van der Waals surface area contributed by atoms with Crippen molar-refractivity contribution >= 4 is 45.6 Å². The van der Waals surface area contributed by atoms with E-state index in [1.54, 1.807) is 18.5 Å². The molecule has 0 aromatic carbocycles. The van der Waals surface area contributed by atoms with Gasteiger partial charge in [-0.15, -0.1) is 0 Å². The summed E-state index contributed by atoms with van der Waals surface area (Å²) in [5.41, 5.74) is 1.82. The number of fused-ring (bicyclic) bond motifs is 5. The Hall–Kier alpha value is -3.34. The lowest BCUT2D eigenvalue weighted by Gasteiger charge is -2.47. The van der Waals surface area contributed by atoms with Crippen LogP contribution < -0.4 is 5.32 Å². The van der Waals surface area contributed by atoms with Crippen molar-refractivity contribution in [3.8, 4) is 11.4 Å². The highest BCUT2D eigenvalue weighted by Crippen LogP contribution is 2.47. The van der Waals surface area contributed by atoms with Crippen molar-refractivity contribution in [2.45, 2.75) is 37.8 Å². The molecule has 4 heterocycles. The normalized spacial score (nSPS) is 23.7. The minimum absolute atomic E-state index is 0.111. The van der Waals surface area contributed by atoms with E-state index in [1.165, 1.54) is 10.8 Å². The molecule has 0 amide bonds. The Balaban J connectivity index is 1.52. The maximum atomic E-state index is 13.7. The molecule has 7 rings (SSSR count). The lowest BCUT2D eigenvalue weighted by Crippen LogP contribution is -2.51. The fraction of sp³-hybridized carbons (Fsp3) is 0.458. The molecule has 3 aliphatic rings. The molecule has 0 saturated heterocycles. The smallest absolute Gasteiger partial charge is 0.308 e. The molecule has 2 atom stereocenters. The molecular formula is C24H24ClF2N7O2. The Morgan fingerprint density at radius 3 is 2.67 bits per heavy atom. The van der Waals surface area contributed by atoms with E-state index in [4.69, 9.17) is 16.6 Å². The molecule has 0 aliphatic heterocycles. The number of aromatic amines is 1. The quantitative estimate of drug-likeness (QED) is 0.323. The number of halogens is 3. The first-order valence-electron chi connectivity index (χ1n) is 12.0. The number of hydrogen-bond donors (Lipinski definition) is 3. The summed E-state index contributed by atoms with van der Waals surface area (Å²) in [6, 6.07) is 0.370. The maximum Gasteiger partial charge on any atom is 0.308 e. The standard InChI is InChI=1S/C24H24ClF2N7O2/c25-16-10-29-22-19(30-16)15(9-28-22)21-32-20(14-5-6-34(23(14)33-21)13(7-26)8-27)31-18-12-3-1-11(2-4-12)17(18)24(35)36/h5-6,9-13,17-18H,1-4,7-8H2,(H,28,29)(H,35,36)(H,31,32,33)/t11?,12?,17-,18-/m1/s1. The zero-order valence-corrected chi connectivity index (χ0v) is 19.9. The Morgan fingerprint density at radius 2 is 1.94 bits per heavy atom. The van der Waals surface area contributed by atoms with Crippen LogP contribution in [0.3, 0.4) is 0 Å². The third-order valence-electron chi connectivity index (χ3n) is 7.72. The predicted octanol–water partition coefficient (Wildman–Crippen LogP) is 4.80. The van der Waals surface area contributed by atoms with Crippen LogP contribution in [0.2, 0.25) is 5.15 Å². The van der Waals surface area contributed by atoms with Crippen LogP contribution in [-0.4, -0.2) is 60.0 Å². The summed E-state index contributed by atoms with van der Waals surface area (Å²) in [6.45, 7) is -1.80. The van der Waals surface area contributed by atoms with Gasteiger partial charge in [-0.2, -0.15) is 0 Å². The van der Waals surface area contributed by atoms with Crippen LogP contribution in [-0.2, 0) is 4.79 Å². The molecule has 3 saturated carbocycles. The highest BCUT2D eigenvalue weighted by molar-refractivity contribution is 6.29. The average molecular weight is 516 g/mol. The van der Waals surface area contributed by atoms with Crippen LogP contribution in [0.1, 0.15) is 31.7 Å². The average Bonchev–Trinajstić information content (AvgIpc) is 3.50. The van der Waals surface area contributed by atoms with Crippen LogP contribution >= 0.6 is 11.6 Å². The highest BCUT2D eigenvalue weighted by atomic mass is 35.5. The number of carboxylic acids is 1. The molecule has 188 valence electrons. The number of carboxylic acid groups (broad SMARTS) is 1. The number of carbonyl (C=O) groups is 1. The van der Waals surface area contributed by atoms with Gasteiger partial charge >= 0.3 is 5.97 Å². The zero-order valence-electron chi connectivity index (χ0n) is 19.2. The molecular weight excluding hydrogens is 492 g/mol. The van der Waals surface area contributed by atoms with E-state index in [2.05, 4.69) is 25.3 Å². The van der Waals surface area contributed by atoms with Gasteiger partial charge in [0.2, 0.25) is 0 Å². The molecule has 12 heteroatoms. The molecule has 3 fully saturated rings. The minimum atomic E-state index is -1.03. The highest BCUT2D eigenvalue weighted by Gasteiger charge is 2.47. The Morgan fingerprint density at radius 1 is 1.19 bits per heavy atom. The first-order valence-corrected chi connectivity index (χ1v) is 12.4. The largest absolute Gasteiger partial charge is 0.481 e. The molecule has 2 bridgehead atoms. The summed E-state index contributed by atoms with van der Waals surface area (Å²) in [6.07, 6.45) is 8.39. The van der Waals surface area contributed by atoms with Gasteiger partial charge < -0.3 is 20.0 Å². The van der Waals surface area contributed by atoms with Crippen LogP contribution in [0.15, 0.2) is 24.7 Å². The van der Waals surface area contributed by atoms with Gasteiger partial charge in [-0.3, -0.25) is 4.79 Å². The van der Waals surface area contributed by atoms with E-state index in [-0.39, 0.29) is 28.9 Å². The Kier molecular flexibility index (Phi) is 5.74. The van der Waals surface area contributed by atoms with Gasteiger partial charge in [0.25, 0.3) is 0 Å². The van der Waals surface area contributed by atoms with Gasteiger partial charge in [0, 0.05) is 18.4 Å². The summed E-state index contributed by atoms with van der Waals surface area (Å²) in [5.74, 6) is -0.346. The topological polar surface area (TPSA) is 122 Å². The first-order chi connectivity index (χ1) is 17.5. The molecule has 4 aromatic heterocycles. The number of rotatable bonds is 7. The Bertz CT molecular complexity index is 1450. The fourth-order valence-corrected chi connectivity index (χ4v) is 6.09. The van der Waals surface area contributed by atoms with Crippen molar-refractivity contribution < 1.29 is 18.7 Å². The van der Waals surface area contributed by atoms with Crippen molar-refractivity contribution in [1.29, 1.82) is 0 Å². The monoisotopic (exact) mass is 515 g/mol. The molecule has 0 spiro atoms. The van der Waals surface area contributed by atoms with Gasteiger partial charge in [-0.1, -0.05) is 11.6 Å². The summed E-state index contributed by atoms with van der Waals surface area (Å²) >= 11 is 6.08. The summed E-state index contributed by atoms with van der Waals surface area (Å²) in [5, 5.41) is 14.2. The third kappa shape index (κ3) is 3.68. The molecule has 3 aliphatic carbocycles. The van der Waals surface area contributed by atoms with Crippen LogP contribution in [0.25, 0.3) is 33.6 Å². The predicted molar refractivity (Wildman–Crippen MR) is 130 cm³/mol. The number of H-pyrrole nitrogens is 1. The number of alkyl halides is 2. The van der Waals surface area contributed by atoms with Gasteiger partial charge in [-0.05, 0) is 43.6 Å². The van der Waals surface area contributed by atoms with Crippen LogP contribution in [0, 0.1) is 17.8 Å². The molecule has 0 radical (unpaired) electrons. The molecule has 4 aromatic rings. The summed E-state index contributed by atoms with van der Waals surface area (Å²) in [4.78, 5) is 33.3. The van der Waals surface area contributed by atoms with E-state index in [0.29, 0.717) is 33.6 Å². The van der Waals surface area contributed by atoms with Gasteiger partial charge in [-0.25, -0.2) is 28.7 Å². The molecule has 0 unspecified atom stereocenters. The second-order valence-electron chi connectivity index (χ2n) is 9.62. The summed E-state index contributed by atoms with van der Waals surface area (Å²) < 4.78 is 28.8. The van der Waals surface area contributed by atoms with E-state index >= 15 is 0 Å². The van der Waals surface area contributed by atoms with Crippen molar-refractivity contribution in [2.24, 2.45) is 17.8 Å². The SMILES string of the molecule is O=C(O)[C@@H]1C2CCC(CC2)[C@H]1Nc1nc(-c2c[nH]c3ncc(Cl)nc23)nc2c1ccn2C(CF)CF. The molecule has 36 heavy (non-hydrogen) atoms. The first kappa shape index (κ1) is 23.1. The number of nitrogens with one attached hydrogen (secondary N) is 2. The van der Waals surface area contributed by atoms with Crippen molar-refractivity contribution in [1.82, 2.24) is 29.5 Å². The van der Waals surface area contributed by atoms with Crippen molar-refractivity contribution in [3.05, 3.63) is 29.8 Å². The second-order valence-corrected chi connectivity index (χ2v) is 10.0. The third-order valence-corrected chi connectivity index (χ3v) is 7.90. The maximum absolute atomic E-state index is 13.7. The fourth-order valence-electron chi connectivity index (χ4n) is 5.96. The number of hydrogen-bond acceptors (Lipinski definition) is 6. The van der Waals surface area contributed by atoms with E-state index < -0.39 is 31.3 Å². The second kappa shape index (κ2) is 8.95. The van der Waals surface area contributed by atoms with E-state index in [9.17, 15) is 18.7 Å². The lowest BCUT2D eigenvalue weighted by atomic mass is 9.61. The summed E-state index contributed by atoms with van der Waals surface area (Å²) in [7, 11) is 0. The number of aliphatic carboxylic acids is 1. The van der Waals surface area contributed by atoms with Crippen LogP contribution in [0.4, 0.5) is 14.6 Å². The number of aromatic nitrogens is 6. The van der Waals surface area contributed by atoms with Crippen molar-refractivity contribution in [2.75, 3.05) is 18.7 Å². The zero-order chi connectivity index (χ0) is 25.0. The minimum Gasteiger partial charge on any atom is -0.481 e. The van der Waals surface area contributed by atoms with Gasteiger partial charge in [0.1, 0.15) is 35.5 Å². The molecule has 3 N–H and O–H groups in total. The molecule has 9 nitrogen and oxygen atoms in total. The van der Waals surface area contributed by atoms with E-state index in [1.807, 2.05) is 0 Å². The van der Waals surface area contributed by atoms with E-state index in [0.717, 1.165) is 25.7 Å². The lowest BCUT2D eigenvalue weighted by molar-refractivity contribution is -0.148.